The number of carbonyl (C=O) groups excluding carboxylic acids is 2. The summed E-state index contributed by atoms with van der Waals surface area (Å²) in [5, 5.41) is 0. The monoisotopic (exact) mass is 403 g/mol. The normalized spacial score (nSPS) is 10.8. The van der Waals surface area contributed by atoms with E-state index in [4.69, 9.17) is 15.2 Å². The molecule has 29 heavy (non-hydrogen) atoms. The van der Waals surface area contributed by atoms with Crippen LogP contribution in [0, 0.1) is 5.92 Å². The highest BCUT2D eigenvalue weighted by atomic mass is 16.5. The number of carbonyl (C=O) groups is 2. The van der Waals surface area contributed by atoms with E-state index in [1.165, 1.54) is 12.1 Å². The van der Waals surface area contributed by atoms with Crippen molar-refractivity contribution in [1.29, 1.82) is 0 Å². The third-order valence-electron chi connectivity index (χ3n) is 3.95. The lowest BCUT2D eigenvalue weighted by Gasteiger charge is -2.12. The van der Waals surface area contributed by atoms with Crippen molar-refractivity contribution in [2.45, 2.75) is 33.7 Å². The van der Waals surface area contributed by atoms with Gasteiger partial charge in [-0.15, -0.1) is 0 Å². The zero-order valence-corrected chi connectivity index (χ0v) is 16.7. The molecule has 0 aliphatic heterocycles. The van der Waals surface area contributed by atoms with Crippen LogP contribution in [0.15, 0.2) is 33.9 Å². The number of Topliss-reactive ketones (excluding diaryl/α,β-unsaturated/α-hetero) is 1. The Morgan fingerprint density at radius 1 is 1.24 bits per heavy atom. The summed E-state index contributed by atoms with van der Waals surface area (Å²) in [6.45, 7) is 5.87. The van der Waals surface area contributed by atoms with Gasteiger partial charge in [-0.25, -0.2) is 9.59 Å². The van der Waals surface area contributed by atoms with Gasteiger partial charge < -0.3 is 15.2 Å². The van der Waals surface area contributed by atoms with Crippen LogP contribution < -0.4 is 21.7 Å². The number of ether oxygens (including phenoxy) is 2. The highest BCUT2D eigenvalue weighted by Gasteiger charge is 2.21. The summed E-state index contributed by atoms with van der Waals surface area (Å²) in [6.07, 6.45) is 0.577. The van der Waals surface area contributed by atoms with Gasteiger partial charge in [0.15, 0.2) is 6.61 Å². The Kier molecular flexibility index (Phi) is 7.35. The average molecular weight is 403 g/mol. The van der Waals surface area contributed by atoms with E-state index in [-0.39, 0.29) is 17.9 Å². The highest BCUT2D eigenvalue weighted by Crippen LogP contribution is 2.15. The van der Waals surface area contributed by atoms with Crippen LogP contribution in [-0.4, -0.2) is 34.5 Å². The van der Waals surface area contributed by atoms with Gasteiger partial charge in [-0.05, 0) is 30.5 Å². The van der Waals surface area contributed by atoms with Gasteiger partial charge in [0, 0.05) is 6.54 Å². The Balaban J connectivity index is 2.12. The third-order valence-corrected chi connectivity index (χ3v) is 3.95. The van der Waals surface area contributed by atoms with Crippen LogP contribution in [0.4, 0.5) is 5.82 Å². The number of esters is 1. The van der Waals surface area contributed by atoms with E-state index in [0.29, 0.717) is 24.7 Å². The molecule has 0 saturated heterocycles. The predicted molar refractivity (Wildman–Crippen MR) is 107 cm³/mol. The van der Waals surface area contributed by atoms with Gasteiger partial charge in [-0.1, -0.05) is 26.8 Å². The van der Waals surface area contributed by atoms with Crippen LogP contribution in [0.2, 0.25) is 0 Å². The van der Waals surface area contributed by atoms with Crippen LogP contribution in [0.1, 0.15) is 47.9 Å². The molecular weight excluding hydrogens is 378 g/mol. The van der Waals surface area contributed by atoms with E-state index in [2.05, 4.69) is 4.98 Å². The Labute approximate surface area is 167 Å². The Hall–Kier alpha value is -3.36. The molecule has 156 valence electrons. The second-order valence-corrected chi connectivity index (χ2v) is 6.90. The van der Waals surface area contributed by atoms with Crippen LogP contribution >= 0.6 is 0 Å². The minimum Gasteiger partial charge on any atom is -0.493 e. The first-order valence-electron chi connectivity index (χ1n) is 9.30. The van der Waals surface area contributed by atoms with Crippen LogP contribution in [0.3, 0.4) is 0 Å². The lowest BCUT2D eigenvalue weighted by Crippen LogP contribution is -2.37. The zero-order chi connectivity index (χ0) is 21.6. The summed E-state index contributed by atoms with van der Waals surface area (Å²) in [4.78, 5) is 50.6. The molecule has 3 N–H and O–H groups in total. The van der Waals surface area contributed by atoms with E-state index in [9.17, 15) is 19.2 Å². The minimum atomic E-state index is -0.912. The summed E-state index contributed by atoms with van der Waals surface area (Å²) in [7, 11) is 0. The first-order valence-corrected chi connectivity index (χ1v) is 9.30. The minimum absolute atomic E-state index is 0.205. The molecule has 9 heteroatoms. The number of hydrogen-bond donors (Lipinski definition) is 2. The molecule has 0 amide bonds. The summed E-state index contributed by atoms with van der Waals surface area (Å²) >= 11 is 0. The van der Waals surface area contributed by atoms with Gasteiger partial charge in [0.25, 0.3) is 5.56 Å². The number of benzene rings is 1. The number of anilines is 1. The van der Waals surface area contributed by atoms with Gasteiger partial charge in [-0.2, -0.15) is 0 Å². The molecule has 0 unspecified atom stereocenters. The lowest BCUT2D eigenvalue weighted by atomic mass is 10.2. The number of rotatable bonds is 9. The van der Waals surface area contributed by atoms with E-state index in [1.807, 2.05) is 20.8 Å². The molecule has 0 bridgehead atoms. The van der Waals surface area contributed by atoms with E-state index < -0.39 is 35.2 Å². The predicted octanol–water partition coefficient (Wildman–Crippen LogP) is 1.60. The van der Waals surface area contributed by atoms with Gasteiger partial charge in [0.2, 0.25) is 5.78 Å². The number of hydrogen-bond acceptors (Lipinski definition) is 7. The SMILES string of the molecule is CCCn1c(N)c(C(=O)COC(=O)c2cccc(OCC(C)C)c2)c(=O)[nH]c1=O. The number of nitrogens with one attached hydrogen (secondary N) is 1. The molecule has 0 aliphatic rings. The van der Waals surface area contributed by atoms with Crippen molar-refractivity contribution in [3.05, 3.63) is 56.2 Å². The summed E-state index contributed by atoms with van der Waals surface area (Å²) < 4.78 is 11.7. The van der Waals surface area contributed by atoms with Crippen molar-refractivity contribution in [3.63, 3.8) is 0 Å². The molecule has 1 heterocycles. The van der Waals surface area contributed by atoms with Crippen molar-refractivity contribution >= 4 is 17.6 Å². The van der Waals surface area contributed by atoms with E-state index in [1.54, 1.807) is 12.1 Å². The highest BCUT2D eigenvalue weighted by molar-refractivity contribution is 6.02. The lowest BCUT2D eigenvalue weighted by molar-refractivity contribution is 0.0474. The van der Waals surface area contributed by atoms with Crippen LogP contribution in [0.5, 0.6) is 5.75 Å². The number of nitrogen functional groups attached to an aromatic ring is 1. The fourth-order valence-electron chi connectivity index (χ4n) is 2.57. The smallest absolute Gasteiger partial charge is 0.338 e. The van der Waals surface area contributed by atoms with Gasteiger partial charge in [-0.3, -0.25) is 19.1 Å². The molecule has 0 atom stereocenters. The molecule has 2 rings (SSSR count). The van der Waals surface area contributed by atoms with E-state index >= 15 is 0 Å². The first-order chi connectivity index (χ1) is 13.7. The maximum atomic E-state index is 12.4. The summed E-state index contributed by atoms with van der Waals surface area (Å²) in [5.41, 5.74) is 4.03. The number of nitrogens with zero attached hydrogens (tertiary/aromatic N) is 1. The number of aromatic nitrogens is 2. The fourth-order valence-corrected chi connectivity index (χ4v) is 2.57. The molecular formula is C20H25N3O6. The summed E-state index contributed by atoms with van der Waals surface area (Å²) in [5.74, 6) is -0.959. The van der Waals surface area contributed by atoms with Crippen molar-refractivity contribution in [2.24, 2.45) is 5.92 Å². The summed E-state index contributed by atoms with van der Waals surface area (Å²) in [6, 6.07) is 6.38. The second-order valence-electron chi connectivity index (χ2n) is 6.90. The maximum Gasteiger partial charge on any atom is 0.338 e. The molecule has 0 radical (unpaired) electrons. The average Bonchev–Trinajstić information content (AvgIpc) is 2.67. The molecule has 2 aromatic rings. The van der Waals surface area contributed by atoms with Crippen molar-refractivity contribution in [2.75, 3.05) is 18.9 Å². The van der Waals surface area contributed by atoms with Gasteiger partial charge >= 0.3 is 11.7 Å². The van der Waals surface area contributed by atoms with Crippen molar-refractivity contribution in [1.82, 2.24) is 9.55 Å². The van der Waals surface area contributed by atoms with Gasteiger partial charge in [0.05, 0.1) is 12.2 Å². The number of H-pyrrole nitrogens is 1. The third kappa shape index (κ3) is 5.56. The molecule has 1 aromatic heterocycles. The Morgan fingerprint density at radius 2 is 1.97 bits per heavy atom. The maximum absolute atomic E-state index is 12.4. The Morgan fingerprint density at radius 3 is 2.62 bits per heavy atom. The molecule has 0 aliphatic carbocycles. The van der Waals surface area contributed by atoms with Crippen LogP contribution in [0.25, 0.3) is 0 Å². The standard InChI is InChI=1S/C20H25N3O6/c1-4-8-23-17(21)16(18(25)22-20(23)27)15(24)11-29-19(26)13-6-5-7-14(9-13)28-10-12(2)3/h5-7,9,12H,4,8,10-11,21H2,1-3H3,(H,22,25,27). The number of aromatic amines is 1. The molecule has 9 nitrogen and oxygen atoms in total. The second kappa shape index (κ2) is 9.72. The largest absolute Gasteiger partial charge is 0.493 e. The quantitative estimate of drug-likeness (QED) is 0.480. The van der Waals surface area contributed by atoms with Crippen molar-refractivity contribution in [3.8, 4) is 5.75 Å². The molecule has 0 fully saturated rings. The topological polar surface area (TPSA) is 133 Å². The van der Waals surface area contributed by atoms with Gasteiger partial charge in [0.1, 0.15) is 17.1 Å². The Bertz CT molecular complexity index is 1010. The first kappa shape index (κ1) is 21.9. The zero-order valence-electron chi connectivity index (χ0n) is 16.7. The molecule has 0 spiro atoms. The van der Waals surface area contributed by atoms with E-state index in [0.717, 1.165) is 4.57 Å². The molecule has 1 aromatic carbocycles. The fraction of sp³-hybridized carbons (Fsp3) is 0.400. The number of ketones is 1. The van der Waals surface area contributed by atoms with Crippen LogP contribution in [-0.2, 0) is 11.3 Å². The number of nitrogens with two attached hydrogens (primary N) is 1. The van der Waals surface area contributed by atoms with Crippen molar-refractivity contribution < 1.29 is 19.1 Å². The molecule has 0 saturated carbocycles.